The van der Waals surface area contributed by atoms with Crippen LogP contribution in [0.4, 0.5) is 0 Å². The van der Waals surface area contributed by atoms with Crippen LogP contribution in [0.3, 0.4) is 0 Å². The van der Waals surface area contributed by atoms with Crippen LogP contribution in [-0.2, 0) is 5.54 Å². The van der Waals surface area contributed by atoms with Crippen LogP contribution in [0, 0.1) is 0 Å². The van der Waals surface area contributed by atoms with Crippen LogP contribution in [0.25, 0.3) is 5.78 Å². The van der Waals surface area contributed by atoms with Gasteiger partial charge >= 0.3 is 0 Å². The average molecular weight is 217 g/mol. The molecule has 2 aromatic heterocycles. The van der Waals surface area contributed by atoms with Gasteiger partial charge in [0.25, 0.3) is 5.78 Å². The van der Waals surface area contributed by atoms with E-state index in [-0.39, 0.29) is 5.54 Å². The van der Waals surface area contributed by atoms with Gasteiger partial charge in [0.1, 0.15) is 0 Å². The Hall–Kier alpha value is -1.49. The maximum atomic E-state index is 6.44. The molecule has 0 saturated heterocycles. The number of rotatable bonds is 1. The highest BCUT2D eigenvalue weighted by Gasteiger charge is 2.34. The number of aromatic nitrogens is 4. The normalized spacial score (nSPS) is 20.1. The van der Waals surface area contributed by atoms with Crippen molar-refractivity contribution >= 4 is 5.78 Å². The van der Waals surface area contributed by atoms with Crippen LogP contribution in [-0.4, -0.2) is 19.6 Å². The summed E-state index contributed by atoms with van der Waals surface area (Å²) >= 11 is 0. The van der Waals surface area contributed by atoms with Crippen LogP contribution in [0.1, 0.15) is 37.9 Å². The molecule has 0 spiro atoms. The summed E-state index contributed by atoms with van der Waals surface area (Å²) in [7, 11) is 0. The average Bonchev–Trinajstić information content (AvgIpc) is 2.74. The molecular weight excluding hydrogens is 202 g/mol. The van der Waals surface area contributed by atoms with Gasteiger partial charge in [-0.15, -0.1) is 10.2 Å². The Balaban J connectivity index is 2.11. The summed E-state index contributed by atoms with van der Waals surface area (Å²) in [5.41, 5.74) is 6.12. The number of fused-ring (bicyclic) bond motifs is 1. The number of nitrogens with two attached hydrogens (primary N) is 1. The Labute approximate surface area is 93.7 Å². The van der Waals surface area contributed by atoms with Gasteiger partial charge in [-0.05, 0) is 18.9 Å². The summed E-state index contributed by atoms with van der Waals surface area (Å²) in [6.07, 6.45) is 9.25. The summed E-state index contributed by atoms with van der Waals surface area (Å²) in [5.74, 6) is 1.49. The van der Waals surface area contributed by atoms with Gasteiger partial charge in [0.05, 0.1) is 5.54 Å². The van der Waals surface area contributed by atoms with Crippen molar-refractivity contribution in [2.45, 2.75) is 37.6 Å². The first-order valence-electron chi connectivity index (χ1n) is 5.75. The van der Waals surface area contributed by atoms with Crippen molar-refractivity contribution in [3.8, 4) is 0 Å². The van der Waals surface area contributed by atoms with Crippen LogP contribution < -0.4 is 5.73 Å². The van der Waals surface area contributed by atoms with E-state index in [0.717, 1.165) is 18.7 Å². The van der Waals surface area contributed by atoms with E-state index < -0.39 is 0 Å². The van der Waals surface area contributed by atoms with Gasteiger partial charge < -0.3 is 5.73 Å². The van der Waals surface area contributed by atoms with Gasteiger partial charge in [-0.3, -0.25) is 4.40 Å². The number of hydrogen-bond acceptors (Lipinski definition) is 4. The fourth-order valence-electron chi connectivity index (χ4n) is 2.49. The molecule has 0 radical (unpaired) electrons. The molecule has 0 atom stereocenters. The third kappa shape index (κ3) is 1.39. The molecule has 2 aromatic rings. The first-order valence-corrected chi connectivity index (χ1v) is 5.75. The highest BCUT2D eigenvalue weighted by molar-refractivity contribution is 5.28. The Morgan fingerprint density at radius 3 is 2.81 bits per heavy atom. The largest absolute Gasteiger partial charge is 0.319 e. The van der Waals surface area contributed by atoms with E-state index >= 15 is 0 Å². The minimum Gasteiger partial charge on any atom is -0.319 e. The second-order valence-corrected chi connectivity index (χ2v) is 4.53. The smallest absolute Gasteiger partial charge is 0.255 e. The molecule has 0 aromatic carbocycles. The lowest BCUT2D eigenvalue weighted by Gasteiger charge is -2.31. The lowest BCUT2D eigenvalue weighted by Crippen LogP contribution is -2.40. The highest BCUT2D eigenvalue weighted by Crippen LogP contribution is 2.33. The summed E-state index contributed by atoms with van der Waals surface area (Å²) in [6.45, 7) is 0. The van der Waals surface area contributed by atoms with Gasteiger partial charge in [0, 0.05) is 12.4 Å². The molecule has 1 aliphatic rings. The Morgan fingerprint density at radius 1 is 1.19 bits per heavy atom. The standard InChI is InChI=1S/C11H15N5/c12-11(5-2-1-3-6-11)9-14-15-10-13-7-4-8-16(9)10/h4,7-8H,1-3,5-6,12H2. The molecule has 84 valence electrons. The second-order valence-electron chi connectivity index (χ2n) is 4.53. The zero-order chi connectivity index (χ0) is 11.0. The van der Waals surface area contributed by atoms with Gasteiger partial charge in [-0.1, -0.05) is 19.3 Å². The van der Waals surface area contributed by atoms with Crippen molar-refractivity contribution < 1.29 is 0 Å². The topological polar surface area (TPSA) is 69.1 Å². The summed E-state index contributed by atoms with van der Waals surface area (Å²) in [5, 5.41) is 8.28. The van der Waals surface area contributed by atoms with E-state index in [1.807, 2.05) is 16.7 Å². The summed E-state index contributed by atoms with van der Waals surface area (Å²) < 4.78 is 1.91. The number of hydrogen-bond donors (Lipinski definition) is 1. The van der Waals surface area contributed by atoms with Crippen LogP contribution in [0.2, 0.25) is 0 Å². The fourth-order valence-corrected chi connectivity index (χ4v) is 2.49. The lowest BCUT2D eigenvalue weighted by atomic mass is 9.82. The van der Waals surface area contributed by atoms with Crippen LogP contribution in [0.15, 0.2) is 18.5 Å². The Morgan fingerprint density at radius 2 is 2.00 bits per heavy atom. The van der Waals surface area contributed by atoms with Crippen molar-refractivity contribution in [1.82, 2.24) is 19.6 Å². The maximum absolute atomic E-state index is 6.44. The molecule has 5 heteroatoms. The van der Waals surface area contributed by atoms with E-state index in [1.165, 1.54) is 19.3 Å². The van der Waals surface area contributed by atoms with Crippen LogP contribution >= 0.6 is 0 Å². The molecule has 0 aliphatic heterocycles. The molecule has 1 saturated carbocycles. The second kappa shape index (κ2) is 3.52. The fraction of sp³-hybridized carbons (Fsp3) is 0.545. The van der Waals surface area contributed by atoms with E-state index in [0.29, 0.717) is 5.78 Å². The van der Waals surface area contributed by atoms with Crippen molar-refractivity contribution in [3.63, 3.8) is 0 Å². The molecular formula is C11H15N5. The van der Waals surface area contributed by atoms with Gasteiger partial charge in [0.15, 0.2) is 5.82 Å². The lowest BCUT2D eigenvalue weighted by molar-refractivity contribution is 0.285. The predicted molar refractivity (Wildman–Crippen MR) is 59.7 cm³/mol. The van der Waals surface area contributed by atoms with Crippen LogP contribution in [0.5, 0.6) is 0 Å². The number of nitrogens with zero attached hydrogens (tertiary/aromatic N) is 4. The van der Waals surface area contributed by atoms with E-state index in [2.05, 4.69) is 15.2 Å². The Kier molecular flexibility index (Phi) is 2.14. The zero-order valence-corrected chi connectivity index (χ0v) is 9.13. The van der Waals surface area contributed by atoms with E-state index in [4.69, 9.17) is 5.73 Å². The monoisotopic (exact) mass is 217 g/mol. The molecule has 0 bridgehead atoms. The molecule has 2 heterocycles. The van der Waals surface area contributed by atoms with E-state index in [1.54, 1.807) is 6.20 Å². The van der Waals surface area contributed by atoms with E-state index in [9.17, 15) is 0 Å². The minimum absolute atomic E-state index is 0.319. The molecule has 16 heavy (non-hydrogen) atoms. The first-order chi connectivity index (χ1) is 7.80. The molecule has 2 N–H and O–H groups in total. The molecule has 5 nitrogen and oxygen atoms in total. The molecule has 3 rings (SSSR count). The van der Waals surface area contributed by atoms with Gasteiger partial charge in [-0.2, -0.15) is 0 Å². The quantitative estimate of drug-likeness (QED) is 0.780. The minimum atomic E-state index is -0.319. The first kappa shape index (κ1) is 9.72. The molecule has 1 aliphatic carbocycles. The summed E-state index contributed by atoms with van der Waals surface area (Å²) in [6, 6.07) is 1.88. The predicted octanol–water partition coefficient (Wildman–Crippen LogP) is 1.24. The molecule has 0 unspecified atom stereocenters. The third-order valence-corrected chi connectivity index (χ3v) is 3.38. The maximum Gasteiger partial charge on any atom is 0.255 e. The third-order valence-electron chi connectivity index (χ3n) is 3.38. The Bertz CT molecular complexity index is 498. The van der Waals surface area contributed by atoms with Gasteiger partial charge in [-0.25, -0.2) is 4.98 Å². The van der Waals surface area contributed by atoms with Gasteiger partial charge in [0.2, 0.25) is 0 Å². The SMILES string of the molecule is NC1(c2nnc3ncccn23)CCCCC1. The van der Waals surface area contributed by atoms with Crippen molar-refractivity contribution in [2.24, 2.45) is 5.73 Å². The molecule has 0 amide bonds. The summed E-state index contributed by atoms with van der Waals surface area (Å²) in [4.78, 5) is 4.16. The molecule has 1 fully saturated rings. The highest BCUT2D eigenvalue weighted by atomic mass is 15.3. The van der Waals surface area contributed by atoms with Crippen molar-refractivity contribution in [1.29, 1.82) is 0 Å². The van der Waals surface area contributed by atoms with Crippen molar-refractivity contribution in [2.75, 3.05) is 0 Å². The zero-order valence-electron chi connectivity index (χ0n) is 9.13. The van der Waals surface area contributed by atoms with Crippen molar-refractivity contribution in [3.05, 3.63) is 24.3 Å².